The zero-order valence-electron chi connectivity index (χ0n) is 13.0. The summed E-state index contributed by atoms with van der Waals surface area (Å²) >= 11 is 0. The van der Waals surface area contributed by atoms with E-state index in [1.54, 1.807) is 18.6 Å². The van der Waals surface area contributed by atoms with Gasteiger partial charge < -0.3 is 15.0 Å². The molecule has 23 heavy (non-hydrogen) atoms. The number of aromatic amines is 1. The second-order valence-electron chi connectivity index (χ2n) is 5.49. The quantitative estimate of drug-likeness (QED) is 0.829. The van der Waals surface area contributed by atoms with Gasteiger partial charge >= 0.3 is 0 Å². The van der Waals surface area contributed by atoms with Crippen LogP contribution in [0.15, 0.2) is 24.8 Å². The summed E-state index contributed by atoms with van der Waals surface area (Å²) in [6.45, 7) is 4.91. The van der Waals surface area contributed by atoms with Crippen LogP contribution in [0.3, 0.4) is 0 Å². The van der Waals surface area contributed by atoms with Crippen LogP contribution in [0.4, 0.5) is 0 Å². The fourth-order valence-corrected chi connectivity index (χ4v) is 2.50. The summed E-state index contributed by atoms with van der Waals surface area (Å²) in [7, 11) is 0. The Hall–Kier alpha value is -2.32. The third-order valence-corrected chi connectivity index (χ3v) is 3.64. The summed E-state index contributed by atoms with van der Waals surface area (Å²) in [6, 6.07) is 1.80. The summed E-state index contributed by atoms with van der Waals surface area (Å²) in [5, 5.41) is 2.74. The molecule has 0 saturated carbocycles. The van der Waals surface area contributed by atoms with E-state index in [2.05, 4.69) is 30.2 Å². The molecule has 8 nitrogen and oxygen atoms in total. The molecule has 3 rings (SSSR count). The number of hydrogen-bond acceptors (Lipinski definition) is 6. The van der Waals surface area contributed by atoms with Gasteiger partial charge in [0, 0.05) is 44.6 Å². The van der Waals surface area contributed by atoms with Crippen molar-refractivity contribution in [2.75, 3.05) is 19.7 Å². The first kappa shape index (κ1) is 15.6. The Morgan fingerprint density at radius 1 is 1.57 bits per heavy atom. The SMILES string of the molecule is CC(=O)NCc1ccnc([C@@H]2CN(Cc3cnc[nH]3)CCO2)n1. The van der Waals surface area contributed by atoms with E-state index in [0.29, 0.717) is 19.0 Å². The molecule has 3 heterocycles. The normalized spacial score (nSPS) is 18.7. The second-order valence-corrected chi connectivity index (χ2v) is 5.49. The molecule has 1 amide bonds. The number of hydrogen-bond donors (Lipinski definition) is 2. The molecule has 0 bridgehead atoms. The van der Waals surface area contributed by atoms with Crippen LogP contribution >= 0.6 is 0 Å². The van der Waals surface area contributed by atoms with E-state index in [1.807, 2.05) is 6.20 Å². The maximum Gasteiger partial charge on any atom is 0.217 e. The van der Waals surface area contributed by atoms with Crippen molar-refractivity contribution in [3.05, 3.63) is 42.0 Å². The van der Waals surface area contributed by atoms with Crippen LogP contribution < -0.4 is 5.32 Å². The molecule has 0 aliphatic carbocycles. The first-order chi connectivity index (χ1) is 11.2. The second kappa shape index (κ2) is 7.30. The molecule has 8 heteroatoms. The fourth-order valence-electron chi connectivity index (χ4n) is 2.50. The van der Waals surface area contributed by atoms with Crippen molar-refractivity contribution in [3.8, 4) is 0 Å². The third kappa shape index (κ3) is 4.33. The molecule has 2 N–H and O–H groups in total. The third-order valence-electron chi connectivity index (χ3n) is 3.64. The summed E-state index contributed by atoms with van der Waals surface area (Å²) in [5.74, 6) is 0.576. The Morgan fingerprint density at radius 2 is 2.48 bits per heavy atom. The maximum absolute atomic E-state index is 11.0. The number of nitrogens with one attached hydrogen (secondary N) is 2. The van der Waals surface area contributed by atoms with Crippen molar-refractivity contribution in [3.63, 3.8) is 0 Å². The lowest BCUT2D eigenvalue weighted by atomic mass is 10.2. The highest BCUT2D eigenvalue weighted by atomic mass is 16.5. The van der Waals surface area contributed by atoms with E-state index in [9.17, 15) is 4.79 Å². The predicted molar refractivity (Wildman–Crippen MR) is 82.1 cm³/mol. The van der Waals surface area contributed by atoms with Gasteiger partial charge in [-0.25, -0.2) is 15.0 Å². The minimum absolute atomic E-state index is 0.0789. The van der Waals surface area contributed by atoms with Gasteiger partial charge in [0.15, 0.2) is 5.82 Å². The van der Waals surface area contributed by atoms with Gasteiger partial charge in [0.1, 0.15) is 6.10 Å². The number of amides is 1. The number of rotatable bonds is 5. The zero-order valence-corrected chi connectivity index (χ0v) is 13.0. The molecule has 0 unspecified atom stereocenters. The number of carbonyl (C=O) groups is 1. The molecular formula is C15H20N6O2. The molecule has 0 aromatic carbocycles. The average Bonchev–Trinajstić information content (AvgIpc) is 3.06. The highest BCUT2D eigenvalue weighted by Crippen LogP contribution is 2.20. The minimum Gasteiger partial charge on any atom is -0.368 e. The van der Waals surface area contributed by atoms with E-state index >= 15 is 0 Å². The van der Waals surface area contributed by atoms with Gasteiger partial charge in [-0.2, -0.15) is 0 Å². The lowest BCUT2D eigenvalue weighted by molar-refractivity contribution is -0.119. The van der Waals surface area contributed by atoms with Gasteiger partial charge in [-0.05, 0) is 6.07 Å². The van der Waals surface area contributed by atoms with Crippen molar-refractivity contribution in [1.82, 2.24) is 30.2 Å². The van der Waals surface area contributed by atoms with E-state index in [1.165, 1.54) is 6.92 Å². The van der Waals surface area contributed by atoms with Gasteiger partial charge in [-0.15, -0.1) is 0 Å². The van der Waals surface area contributed by atoms with Crippen LogP contribution in [-0.2, 0) is 22.6 Å². The Balaban J connectivity index is 1.63. The molecule has 1 fully saturated rings. The van der Waals surface area contributed by atoms with Gasteiger partial charge in [-0.1, -0.05) is 0 Å². The molecule has 0 radical (unpaired) electrons. The molecule has 1 saturated heterocycles. The fraction of sp³-hybridized carbons (Fsp3) is 0.467. The smallest absolute Gasteiger partial charge is 0.217 e. The van der Waals surface area contributed by atoms with Gasteiger partial charge in [0.2, 0.25) is 5.91 Å². The molecule has 1 aliphatic rings. The minimum atomic E-state index is -0.163. The van der Waals surface area contributed by atoms with Crippen molar-refractivity contribution in [1.29, 1.82) is 0 Å². The molecule has 2 aromatic heterocycles. The standard InChI is InChI=1S/C15H20N6O2/c1-11(22)18-7-12-2-3-17-15(20-12)14-9-21(4-5-23-14)8-13-6-16-10-19-13/h2-3,6,10,14H,4-5,7-9H2,1H3,(H,16,19)(H,18,22)/t14-/m0/s1. The highest BCUT2D eigenvalue weighted by molar-refractivity contribution is 5.72. The van der Waals surface area contributed by atoms with Crippen LogP contribution in [0.1, 0.15) is 30.2 Å². The topological polar surface area (TPSA) is 96.0 Å². The Labute approximate surface area is 134 Å². The summed E-state index contributed by atoms with van der Waals surface area (Å²) in [5.41, 5.74) is 1.85. The zero-order chi connectivity index (χ0) is 16.1. The van der Waals surface area contributed by atoms with E-state index in [4.69, 9.17) is 4.74 Å². The van der Waals surface area contributed by atoms with E-state index in [0.717, 1.165) is 31.0 Å². The predicted octanol–water partition coefficient (Wildman–Crippen LogP) is 0.409. The highest BCUT2D eigenvalue weighted by Gasteiger charge is 2.24. The van der Waals surface area contributed by atoms with E-state index in [-0.39, 0.29) is 12.0 Å². The molecule has 1 aliphatic heterocycles. The number of nitrogens with zero attached hydrogens (tertiary/aromatic N) is 4. The van der Waals surface area contributed by atoms with Crippen molar-refractivity contribution in [2.24, 2.45) is 0 Å². The van der Waals surface area contributed by atoms with Crippen LogP contribution in [0, 0.1) is 0 Å². The maximum atomic E-state index is 11.0. The first-order valence-corrected chi connectivity index (χ1v) is 7.58. The lowest BCUT2D eigenvalue weighted by Gasteiger charge is -2.31. The number of imidazole rings is 1. The average molecular weight is 316 g/mol. The number of H-pyrrole nitrogens is 1. The molecule has 1 atom stereocenters. The van der Waals surface area contributed by atoms with E-state index < -0.39 is 0 Å². The van der Waals surface area contributed by atoms with Crippen LogP contribution in [0.2, 0.25) is 0 Å². The number of ether oxygens (including phenoxy) is 1. The first-order valence-electron chi connectivity index (χ1n) is 7.58. The van der Waals surface area contributed by atoms with Gasteiger partial charge in [0.25, 0.3) is 0 Å². The van der Waals surface area contributed by atoms with Gasteiger partial charge in [0.05, 0.1) is 25.2 Å². The molecule has 0 spiro atoms. The Bertz CT molecular complexity index is 645. The summed E-state index contributed by atoms with van der Waals surface area (Å²) in [4.78, 5) is 29.3. The Kier molecular flexibility index (Phi) is 4.94. The number of carbonyl (C=O) groups excluding carboxylic acids is 1. The monoisotopic (exact) mass is 316 g/mol. The van der Waals surface area contributed by atoms with Crippen molar-refractivity contribution >= 4 is 5.91 Å². The number of aromatic nitrogens is 4. The number of morpholine rings is 1. The lowest BCUT2D eigenvalue weighted by Crippen LogP contribution is -2.38. The van der Waals surface area contributed by atoms with Crippen molar-refractivity contribution < 1.29 is 9.53 Å². The van der Waals surface area contributed by atoms with Crippen LogP contribution in [0.25, 0.3) is 0 Å². The molecule has 122 valence electrons. The Morgan fingerprint density at radius 3 is 3.26 bits per heavy atom. The summed E-state index contributed by atoms with van der Waals surface area (Å²) < 4.78 is 5.81. The van der Waals surface area contributed by atoms with Crippen LogP contribution in [-0.4, -0.2) is 50.4 Å². The summed E-state index contributed by atoms with van der Waals surface area (Å²) in [6.07, 6.45) is 5.05. The molecule has 2 aromatic rings. The largest absolute Gasteiger partial charge is 0.368 e. The molecular weight excluding hydrogens is 296 g/mol. The van der Waals surface area contributed by atoms with Crippen molar-refractivity contribution in [2.45, 2.75) is 26.1 Å². The van der Waals surface area contributed by atoms with Crippen LogP contribution in [0.5, 0.6) is 0 Å². The van der Waals surface area contributed by atoms with Gasteiger partial charge in [-0.3, -0.25) is 9.69 Å².